The van der Waals surface area contributed by atoms with Crippen molar-refractivity contribution in [2.24, 2.45) is 4.99 Å². The van der Waals surface area contributed by atoms with Gasteiger partial charge in [0.05, 0.1) is 10.2 Å². The van der Waals surface area contributed by atoms with E-state index in [0.717, 1.165) is 0 Å². The van der Waals surface area contributed by atoms with Crippen LogP contribution >= 0.6 is 15.9 Å². The standard InChI is InChI=1S/C15H15BrFN5O5/c16-9-6-8(3-4-10(9)17)19-14(20-26)13-11(21-27-22-13)2-1-5-18-15(25)12(24)7-23/h3-4,6,23,26H,1-2,5,7H2,(H,18,25)(H,19,20). The lowest BCUT2D eigenvalue weighted by atomic mass is 10.2. The summed E-state index contributed by atoms with van der Waals surface area (Å²) in [6.45, 7) is -0.703. The Balaban J connectivity index is 2.05. The van der Waals surface area contributed by atoms with Gasteiger partial charge < -0.3 is 10.4 Å². The van der Waals surface area contributed by atoms with Crippen molar-refractivity contribution in [3.8, 4) is 0 Å². The van der Waals surface area contributed by atoms with Gasteiger partial charge in [0.15, 0.2) is 11.5 Å². The highest BCUT2D eigenvalue weighted by Crippen LogP contribution is 2.22. The number of ketones is 1. The Morgan fingerprint density at radius 3 is 2.78 bits per heavy atom. The zero-order valence-corrected chi connectivity index (χ0v) is 15.4. The molecule has 1 amide bonds. The zero-order valence-electron chi connectivity index (χ0n) is 13.8. The predicted molar refractivity (Wildman–Crippen MR) is 92.9 cm³/mol. The molecule has 1 heterocycles. The van der Waals surface area contributed by atoms with Crippen LogP contribution in [0.5, 0.6) is 0 Å². The Kier molecular flexibility index (Phi) is 7.52. The lowest BCUT2D eigenvalue weighted by molar-refractivity contribution is -0.139. The number of amidine groups is 1. The number of nitrogens with one attached hydrogen (secondary N) is 2. The minimum Gasteiger partial charge on any atom is -0.388 e. The van der Waals surface area contributed by atoms with Crippen molar-refractivity contribution in [2.75, 3.05) is 13.2 Å². The molecular formula is C15H15BrFN5O5. The number of aliphatic imine (C=N–C) groups is 1. The van der Waals surface area contributed by atoms with E-state index >= 15 is 0 Å². The number of aliphatic hydroxyl groups is 1. The minimum absolute atomic E-state index is 0.0655. The van der Waals surface area contributed by atoms with E-state index in [1.54, 1.807) is 0 Å². The highest BCUT2D eigenvalue weighted by atomic mass is 79.9. The Hall–Kier alpha value is -2.70. The summed E-state index contributed by atoms with van der Waals surface area (Å²) in [5, 5.41) is 27.7. The van der Waals surface area contributed by atoms with E-state index in [-0.39, 0.29) is 22.5 Å². The van der Waals surface area contributed by atoms with Crippen molar-refractivity contribution >= 4 is 39.1 Å². The summed E-state index contributed by atoms with van der Waals surface area (Å²) in [4.78, 5) is 26.3. The third kappa shape index (κ3) is 5.64. The monoisotopic (exact) mass is 443 g/mol. The average molecular weight is 444 g/mol. The van der Waals surface area contributed by atoms with Gasteiger partial charge in [-0.3, -0.25) is 20.3 Å². The number of aliphatic hydroxyl groups excluding tert-OH is 1. The van der Waals surface area contributed by atoms with Crippen molar-refractivity contribution < 1.29 is 28.9 Å². The van der Waals surface area contributed by atoms with Gasteiger partial charge in [-0.25, -0.2) is 14.0 Å². The summed E-state index contributed by atoms with van der Waals surface area (Å²) in [5.41, 5.74) is 2.71. The second-order valence-electron chi connectivity index (χ2n) is 5.17. The molecule has 2 aromatic rings. The first-order valence-electron chi connectivity index (χ1n) is 7.63. The fourth-order valence-corrected chi connectivity index (χ4v) is 2.36. The van der Waals surface area contributed by atoms with Crippen LogP contribution < -0.4 is 10.8 Å². The molecule has 4 N–H and O–H groups in total. The largest absolute Gasteiger partial charge is 0.388 e. The summed E-state index contributed by atoms with van der Waals surface area (Å²) in [5.74, 6) is -2.33. The van der Waals surface area contributed by atoms with Gasteiger partial charge in [-0.15, -0.1) is 0 Å². The van der Waals surface area contributed by atoms with Crippen LogP contribution in [0.15, 0.2) is 32.3 Å². The molecule has 0 saturated carbocycles. The van der Waals surface area contributed by atoms with Gasteiger partial charge in [-0.05, 0) is 52.1 Å². The number of hydrogen-bond acceptors (Lipinski definition) is 8. The molecule has 2 rings (SSSR count). The maximum atomic E-state index is 13.3. The van der Waals surface area contributed by atoms with E-state index in [1.165, 1.54) is 18.2 Å². The highest BCUT2D eigenvalue weighted by molar-refractivity contribution is 9.10. The van der Waals surface area contributed by atoms with Gasteiger partial charge in [0, 0.05) is 6.54 Å². The fraction of sp³-hybridized carbons (Fsp3) is 0.267. The summed E-state index contributed by atoms with van der Waals surface area (Å²) in [6, 6.07) is 4.02. The highest BCUT2D eigenvalue weighted by Gasteiger charge is 2.17. The average Bonchev–Trinajstić information content (AvgIpc) is 3.13. The molecule has 0 aliphatic heterocycles. The maximum absolute atomic E-state index is 13.3. The van der Waals surface area contributed by atoms with E-state index in [0.29, 0.717) is 24.2 Å². The Labute approximate surface area is 160 Å². The number of benzene rings is 1. The first kappa shape index (κ1) is 20.6. The molecule has 12 heteroatoms. The molecule has 1 aromatic heterocycles. The van der Waals surface area contributed by atoms with E-state index in [1.807, 2.05) is 5.48 Å². The molecule has 0 spiro atoms. The van der Waals surface area contributed by atoms with E-state index in [2.05, 4.69) is 41.2 Å². The molecule has 0 atom stereocenters. The number of Topliss-reactive ketones (excluding diaryl/α,β-unsaturated/α-hetero) is 1. The van der Waals surface area contributed by atoms with Crippen molar-refractivity contribution in [1.82, 2.24) is 21.1 Å². The SMILES string of the molecule is O=C(CO)C(=O)NCCCc1nonc1C(=Nc1ccc(F)c(Br)c1)NO. The molecule has 27 heavy (non-hydrogen) atoms. The number of carbonyl (C=O) groups excluding carboxylic acids is 2. The van der Waals surface area contributed by atoms with Crippen LogP contribution in [0.4, 0.5) is 10.1 Å². The second-order valence-corrected chi connectivity index (χ2v) is 6.03. The first-order chi connectivity index (χ1) is 13.0. The second kappa shape index (κ2) is 9.85. The van der Waals surface area contributed by atoms with Gasteiger partial charge in [0.25, 0.3) is 5.91 Å². The van der Waals surface area contributed by atoms with Crippen molar-refractivity contribution in [2.45, 2.75) is 12.8 Å². The quantitative estimate of drug-likeness (QED) is 0.152. The first-order valence-corrected chi connectivity index (χ1v) is 8.43. The number of rotatable bonds is 8. The Morgan fingerprint density at radius 2 is 2.11 bits per heavy atom. The van der Waals surface area contributed by atoms with E-state index in [9.17, 15) is 19.2 Å². The number of amides is 1. The van der Waals surface area contributed by atoms with E-state index in [4.69, 9.17) is 5.11 Å². The number of hydroxylamine groups is 1. The minimum atomic E-state index is -0.928. The van der Waals surface area contributed by atoms with Crippen molar-refractivity contribution in [1.29, 1.82) is 0 Å². The molecule has 1 aromatic carbocycles. The smallest absolute Gasteiger partial charge is 0.289 e. The van der Waals surface area contributed by atoms with Gasteiger partial charge in [0.2, 0.25) is 5.78 Å². The Bertz CT molecular complexity index is 857. The summed E-state index contributed by atoms with van der Waals surface area (Å²) < 4.78 is 18.2. The normalized spacial score (nSPS) is 11.3. The third-order valence-corrected chi connectivity index (χ3v) is 3.91. The summed E-state index contributed by atoms with van der Waals surface area (Å²) >= 11 is 3.04. The molecule has 0 unspecified atom stereocenters. The van der Waals surface area contributed by atoms with Crippen LogP contribution in [-0.2, 0) is 16.0 Å². The maximum Gasteiger partial charge on any atom is 0.289 e. The van der Waals surface area contributed by atoms with Crippen LogP contribution in [0.3, 0.4) is 0 Å². The molecule has 0 bridgehead atoms. The van der Waals surface area contributed by atoms with Crippen LogP contribution in [0.2, 0.25) is 0 Å². The molecule has 10 nitrogen and oxygen atoms in total. The van der Waals surface area contributed by atoms with E-state index < -0.39 is 24.1 Å². The number of nitrogens with zero attached hydrogens (tertiary/aromatic N) is 3. The summed E-state index contributed by atoms with van der Waals surface area (Å²) in [7, 11) is 0. The van der Waals surface area contributed by atoms with Crippen LogP contribution in [0, 0.1) is 5.82 Å². The third-order valence-electron chi connectivity index (χ3n) is 3.30. The van der Waals surface area contributed by atoms with Crippen molar-refractivity contribution in [3.05, 3.63) is 39.9 Å². The predicted octanol–water partition coefficient (Wildman–Crippen LogP) is 0.638. The molecule has 144 valence electrons. The van der Waals surface area contributed by atoms with Gasteiger partial charge in [-0.1, -0.05) is 5.16 Å². The number of aryl methyl sites for hydroxylation is 1. The lowest BCUT2D eigenvalue weighted by Crippen LogP contribution is -2.33. The van der Waals surface area contributed by atoms with Crippen LogP contribution in [-0.4, -0.2) is 51.3 Å². The zero-order chi connectivity index (χ0) is 19.8. The number of hydrogen-bond donors (Lipinski definition) is 4. The van der Waals surface area contributed by atoms with Gasteiger partial charge >= 0.3 is 0 Å². The number of carbonyl (C=O) groups is 2. The van der Waals surface area contributed by atoms with Crippen LogP contribution in [0.1, 0.15) is 17.8 Å². The number of aromatic nitrogens is 2. The fourth-order valence-electron chi connectivity index (χ4n) is 1.99. The molecule has 0 aliphatic rings. The Morgan fingerprint density at radius 1 is 1.33 bits per heavy atom. The molecule has 0 radical (unpaired) electrons. The van der Waals surface area contributed by atoms with Gasteiger partial charge in [0.1, 0.15) is 18.1 Å². The topological polar surface area (TPSA) is 150 Å². The molecule has 0 fully saturated rings. The molecule has 0 aliphatic carbocycles. The number of halogens is 2. The van der Waals surface area contributed by atoms with Crippen molar-refractivity contribution in [3.63, 3.8) is 0 Å². The van der Waals surface area contributed by atoms with Gasteiger partial charge in [-0.2, -0.15) is 0 Å². The lowest BCUT2D eigenvalue weighted by Gasteiger charge is -2.05. The molecule has 0 saturated heterocycles. The molecular weight excluding hydrogens is 429 g/mol. The van der Waals surface area contributed by atoms with Crippen LogP contribution in [0.25, 0.3) is 0 Å². The summed E-state index contributed by atoms with van der Waals surface area (Å²) in [6.07, 6.45) is 0.673.